The molecule has 1 amide bonds. The lowest BCUT2D eigenvalue weighted by atomic mass is 10.2. The summed E-state index contributed by atoms with van der Waals surface area (Å²) >= 11 is 0. The third kappa shape index (κ3) is 2.46. The molecule has 0 saturated carbocycles. The second-order valence-electron chi connectivity index (χ2n) is 2.21. The molecule has 3 heteroatoms. The number of hydrogen-bond donors (Lipinski definition) is 2. The van der Waals surface area contributed by atoms with Gasteiger partial charge in [0.25, 0.3) is 0 Å². The van der Waals surface area contributed by atoms with Crippen LogP contribution in [0.15, 0.2) is 30.5 Å². The molecule has 12 heavy (non-hydrogen) atoms. The Labute approximate surface area is 70.3 Å². The van der Waals surface area contributed by atoms with E-state index in [1.165, 1.54) is 6.20 Å². The molecule has 0 aliphatic carbocycles. The topological polar surface area (TPSA) is 49.3 Å². The largest absolute Gasteiger partial charge is 0.508 e. The van der Waals surface area contributed by atoms with E-state index in [2.05, 4.69) is 5.32 Å². The molecule has 0 aliphatic heterocycles. The molecule has 0 fully saturated rings. The lowest BCUT2D eigenvalue weighted by Crippen LogP contribution is -1.97. The molecule has 0 atom stereocenters. The highest BCUT2D eigenvalue weighted by molar-refractivity contribution is 5.55. The number of rotatable bonds is 3. The number of phenolic OH excluding ortho intramolecular Hbond substituents is 1. The summed E-state index contributed by atoms with van der Waals surface area (Å²) in [5.74, 6) is 0.232. The van der Waals surface area contributed by atoms with Gasteiger partial charge in [0.2, 0.25) is 6.41 Å². The molecule has 0 aliphatic rings. The third-order valence-electron chi connectivity index (χ3n) is 1.33. The zero-order valence-corrected chi connectivity index (χ0v) is 6.40. The number of nitrogens with one attached hydrogen (secondary N) is 1. The van der Waals surface area contributed by atoms with E-state index in [0.29, 0.717) is 6.41 Å². The maximum Gasteiger partial charge on any atom is 0.211 e. The first-order valence-electron chi connectivity index (χ1n) is 3.48. The molecule has 62 valence electrons. The Morgan fingerprint density at radius 3 is 2.50 bits per heavy atom. The Hall–Kier alpha value is -1.77. The molecule has 0 bridgehead atoms. The van der Waals surface area contributed by atoms with Gasteiger partial charge in [-0.1, -0.05) is 12.1 Å². The Kier molecular flexibility index (Phi) is 2.90. The Morgan fingerprint density at radius 1 is 1.25 bits per heavy atom. The highest BCUT2D eigenvalue weighted by Gasteiger charge is 1.86. The van der Waals surface area contributed by atoms with Gasteiger partial charge in [0.1, 0.15) is 5.75 Å². The van der Waals surface area contributed by atoms with E-state index in [1.54, 1.807) is 30.3 Å². The van der Waals surface area contributed by atoms with Crippen molar-refractivity contribution in [3.05, 3.63) is 36.0 Å². The summed E-state index contributed by atoms with van der Waals surface area (Å²) in [6, 6.07) is 6.66. The first kappa shape index (κ1) is 8.33. The number of benzene rings is 1. The van der Waals surface area contributed by atoms with Crippen molar-refractivity contribution in [1.29, 1.82) is 0 Å². The van der Waals surface area contributed by atoms with Crippen LogP contribution < -0.4 is 5.32 Å². The molecular formula is C9H9NO2. The molecule has 0 spiro atoms. The fourth-order valence-corrected chi connectivity index (χ4v) is 0.769. The smallest absolute Gasteiger partial charge is 0.211 e. The van der Waals surface area contributed by atoms with E-state index in [9.17, 15) is 4.79 Å². The van der Waals surface area contributed by atoms with Gasteiger partial charge in [0.05, 0.1) is 0 Å². The normalized spacial score (nSPS) is 10.0. The first-order chi connectivity index (χ1) is 5.83. The van der Waals surface area contributed by atoms with Crippen molar-refractivity contribution < 1.29 is 9.90 Å². The van der Waals surface area contributed by atoms with Crippen molar-refractivity contribution in [2.75, 3.05) is 0 Å². The van der Waals surface area contributed by atoms with E-state index in [4.69, 9.17) is 5.11 Å². The second kappa shape index (κ2) is 4.18. The van der Waals surface area contributed by atoms with Gasteiger partial charge in [-0.2, -0.15) is 0 Å². The maximum atomic E-state index is 9.85. The number of amides is 1. The van der Waals surface area contributed by atoms with Gasteiger partial charge in [-0.3, -0.25) is 4.79 Å². The number of hydrogen-bond acceptors (Lipinski definition) is 2. The maximum absolute atomic E-state index is 9.85. The molecular weight excluding hydrogens is 154 g/mol. The van der Waals surface area contributed by atoms with Crippen LogP contribution in [0.4, 0.5) is 0 Å². The lowest BCUT2D eigenvalue weighted by molar-refractivity contribution is -0.108. The molecule has 2 N–H and O–H groups in total. The van der Waals surface area contributed by atoms with Crippen molar-refractivity contribution in [3.8, 4) is 5.75 Å². The van der Waals surface area contributed by atoms with Gasteiger partial charge in [-0.25, -0.2) is 0 Å². The van der Waals surface area contributed by atoms with E-state index in [0.717, 1.165) is 5.56 Å². The molecule has 0 heterocycles. The molecule has 0 aromatic heterocycles. The molecule has 3 nitrogen and oxygen atoms in total. The summed E-state index contributed by atoms with van der Waals surface area (Å²) in [5, 5.41) is 11.3. The van der Waals surface area contributed by atoms with Crippen LogP contribution in [-0.2, 0) is 4.79 Å². The standard InChI is InChI=1S/C9H9NO2/c11-7-10-6-5-8-1-3-9(12)4-2-8/h1-7,12H,(H,10,11). The van der Waals surface area contributed by atoms with Crippen LogP contribution in [0.25, 0.3) is 6.08 Å². The summed E-state index contributed by atoms with van der Waals surface area (Å²) in [7, 11) is 0. The highest BCUT2D eigenvalue weighted by Crippen LogP contribution is 2.09. The van der Waals surface area contributed by atoms with Crippen LogP contribution in [0.5, 0.6) is 5.75 Å². The summed E-state index contributed by atoms with van der Waals surface area (Å²) < 4.78 is 0. The SMILES string of the molecule is O=CNC=Cc1ccc(O)cc1. The van der Waals surface area contributed by atoms with Crippen molar-refractivity contribution in [2.24, 2.45) is 0 Å². The number of carbonyl (C=O) groups is 1. The minimum atomic E-state index is 0.232. The van der Waals surface area contributed by atoms with E-state index in [1.807, 2.05) is 0 Å². The predicted octanol–water partition coefficient (Wildman–Crippen LogP) is 1.11. The first-order valence-corrected chi connectivity index (χ1v) is 3.48. The number of aromatic hydroxyl groups is 1. The van der Waals surface area contributed by atoms with E-state index in [-0.39, 0.29) is 5.75 Å². The van der Waals surface area contributed by atoms with Crippen LogP contribution >= 0.6 is 0 Å². The van der Waals surface area contributed by atoms with Crippen LogP contribution in [0.3, 0.4) is 0 Å². The predicted molar refractivity (Wildman–Crippen MR) is 46.3 cm³/mol. The Bertz CT molecular complexity index is 277. The average Bonchev–Trinajstić information content (AvgIpc) is 2.09. The van der Waals surface area contributed by atoms with Gasteiger partial charge in [0, 0.05) is 6.20 Å². The van der Waals surface area contributed by atoms with E-state index < -0.39 is 0 Å². The monoisotopic (exact) mass is 163 g/mol. The molecule has 1 aromatic carbocycles. The van der Waals surface area contributed by atoms with Crippen molar-refractivity contribution in [3.63, 3.8) is 0 Å². The van der Waals surface area contributed by atoms with Crippen LogP contribution in [0.1, 0.15) is 5.56 Å². The van der Waals surface area contributed by atoms with Gasteiger partial charge in [-0.15, -0.1) is 0 Å². The molecule has 0 saturated heterocycles. The number of carbonyl (C=O) groups excluding carboxylic acids is 1. The van der Waals surface area contributed by atoms with E-state index >= 15 is 0 Å². The summed E-state index contributed by atoms with van der Waals surface area (Å²) in [6.07, 6.45) is 3.85. The fraction of sp³-hybridized carbons (Fsp3) is 0. The van der Waals surface area contributed by atoms with Crippen molar-refractivity contribution in [2.45, 2.75) is 0 Å². The van der Waals surface area contributed by atoms with Crippen molar-refractivity contribution in [1.82, 2.24) is 5.32 Å². The summed E-state index contributed by atoms with van der Waals surface area (Å²) in [5.41, 5.74) is 0.919. The van der Waals surface area contributed by atoms with Gasteiger partial charge < -0.3 is 10.4 Å². The molecule has 1 aromatic rings. The van der Waals surface area contributed by atoms with Crippen molar-refractivity contribution >= 4 is 12.5 Å². The average molecular weight is 163 g/mol. The van der Waals surface area contributed by atoms with Crippen LogP contribution in [0.2, 0.25) is 0 Å². The summed E-state index contributed by atoms with van der Waals surface area (Å²) in [6.45, 7) is 0. The second-order valence-corrected chi connectivity index (χ2v) is 2.21. The summed E-state index contributed by atoms with van der Waals surface area (Å²) in [4.78, 5) is 9.85. The van der Waals surface area contributed by atoms with Gasteiger partial charge in [-0.05, 0) is 23.8 Å². The third-order valence-corrected chi connectivity index (χ3v) is 1.33. The lowest BCUT2D eigenvalue weighted by Gasteiger charge is -1.92. The molecule has 0 unspecified atom stereocenters. The van der Waals surface area contributed by atoms with Crippen LogP contribution in [-0.4, -0.2) is 11.5 Å². The molecule has 0 radical (unpaired) electrons. The zero-order chi connectivity index (χ0) is 8.81. The minimum Gasteiger partial charge on any atom is -0.508 e. The van der Waals surface area contributed by atoms with Gasteiger partial charge in [0.15, 0.2) is 0 Å². The Morgan fingerprint density at radius 2 is 1.92 bits per heavy atom. The quantitative estimate of drug-likeness (QED) is 0.656. The Balaban J connectivity index is 2.64. The number of phenols is 1. The van der Waals surface area contributed by atoms with Crippen LogP contribution in [0, 0.1) is 0 Å². The van der Waals surface area contributed by atoms with Gasteiger partial charge >= 0.3 is 0 Å². The minimum absolute atomic E-state index is 0.232. The molecule has 1 rings (SSSR count). The fourth-order valence-electron chi connectivity index (χ4n) is 0.769. The highest BCUT2D eigenvalue weighted by atomic mass is 16.3. The zero-order valence-electron chi connectivity index (χ0n) is 6.40.